The summed E-state index contributed by atoms with van der Waals surface area (Å²) in [7, 11) is 1.61. The van der Waals surface area contributed by atoms with E-state index in [2.05, 4.69) is 4.98 Å². The molecule has 0 unspecified atom stereocenters. The van der Waals surface area contributed by atoms with Crippen LogP contribution in [0.4, 0.5) is 0 Å². The highest BCUT2D eigenvalue weighted by atomic mass is 35.5. The highest BCUT2D eigenvalue weighted by molar-refractivity contribution is 6.22. The first-order valence-corrected chi connectivity index (χ1v) is 6.29. The van der Waals surface area contributed by atoms with E-state index in [1.54, 1.807) is 13.3 Å². The molecule has 0 aliphatic heterocycles. The molecule has 0 radical (unpaired) electrons. The Balaban J connectivity index is 2.55. The number of aromatic amines is 1. The van der Waals surface area contributed by atoms with Crippen molar-refractivity contribution < 1.29 is 9.53 Å². The average molecular weight is 266 g/mol. The van der Waals surface area contributed by atoms with E-state index in [1.807, 2.05) is 32.0 Å². The highest BCUT2D eigenvalue weighted by Crippen LogP contribution is 2.30. The second-order valence-corrected chi connectivity index (χ2v) is 5.23. The van der Waals surface area contributed by atoms with E-state index in [1.165, 1.54) is 0 Å². The first kappa shape index (κ1) is 13.0. The third-order valence-electron chi connectivity index (χ3n) is 3.08. The Kier molecular flexibility index (Phi) is 3.35. The predicted molar refractivity (Wildman–Crippen MR) is 73.7 cm³/mol. The summed E-state index contributed by atoms with van der Waals surface area (Å²) in [6.07, 6.45) is 1.74. The summed E-state index contributed by atoms with van der Waals surface area (Å²) in [5.41, 5.74) is 1.01. The summed E-state index contributed by atoms with van der Waals surface area (Å²) in [4.78, 5) is 15.5. The molecule has 0 aliphatic carbocycles. The number of methoxy groups -OCH3 is 1. The smallest absolute Gasteiger partial charge is 0.171 e. The second kappa shape index (κ2) is 4.65. The number of hydrogen-bond acceptors (Lipinski definition) is 2. The Bertz CT molecular complexity index is 586. The van der Waals surface area contributed by atoms with Crippen molar-refractivity contribution in [2.45, 2.75) is 13.8 Å². The summed E-state index contributed by atoms with van der Waals surface area (Å²) in [5.74, 6) is 1.07. The van der Waals surface area contributed by atoms with Crippen LogP contribution in [0.2, 0.25) is 0 Å². The summed E-state index contributed by atoms with van der Waals surface area (Å²) < 4.78 is 5.19. The molecule has 1 heterocycles. The largest absolute Gasteiger partial charge is 0.497 e. The van der Waals surface area contributed by atoms with Crippen LogP contribution in [0.5, 0.6) is 5.75 Å². The lowest BCUT2D eigenvalue weighted by Gasteiger charge is -2.19. The monoisotopic (exact) mass is 265 g/mol. The number of ether oxygens (including phenoxy) is 1. The number of Topliss-reactive ketones (excluding diaryl/α,β-unsaturated/α-hetero) is 1. The molecule has 0 saturated heterocycles. The van der Waals surface area contributed by atoms with Crippen LogP contribution in [0.15, 0.2) is 24.4 Å². The molecule has 96 valence electrons. The van der Waals surface area contributed by atoms with Gasteiger partial charge in [0.15, 0.2) is 5.78 Å². The number of ketones is 1. The van der Waals surface area contributed by atoms with Crippen LogP contribution in [0, 0.1) is 5.41 Å². The van der Waals surface area contributed by atoms with Crippen LogP contribution in [0.1, 0.15) is 24.2 Å². The van der Waals surface area contributed by atoms with Gasteiger partial charge in [-0.1, -0.05) is 13.8 Å². The molecule has 0 amide bonds. The van der Waals surface area contributed by atoms with Crippen molar-refractivity contribution in [1.82, 2.24) is 4.98 Å². The minimum atomic E-state index is -0.570. The van der Waals surface area contributed by atoms with Crippen LogP contribution in [0.3, 0.4) is 0 Å². The van der Waals surface area contributed by atoms with E-state index in [-0.39, 0.29) is 5.78 Å². The molecule has 0 fully saturated rings. The number of carbonyl (C=O) groups is 1. The molecule has 0 spiro atoms. The van der Waals surface area contributed by atoms with Gasteiger partial charge in [-0.25, -0.2) is 0 Å². The van der Waals surface area contributed by atoms with E-state index in [4.69, 9.17) is 16.3 Å². The van der Waals surface area contributed by atoms with Crippen molar-refractivity contribution in [1.29, 1.82) is 0 Å². The zero-order chi connectivity index (χ0) is 13.3. The fraction of sp³-hybridized carbons (Fsp3) is 0.357. The summed E-state index contributed by atoms with van der Waals surface area (Å²) >= 11 is 5.86. The molecule has 2 rings (SSSR count). The predicted octanol–water partition coefficient (Wildman–Crippen LogP) is 3.62. The van der Waals surface area contributed by atoms with Crippen LogP contribution in [0.25, 0.3) is 10.9 Å². The number of halogens is 1. The number of aromatic nitrogens is 1. The molecular weight excluding hydrogens is 250 g/mol. The van der Waals surface area contributed by atoms with Crippen LogP contribution < -0.4 is 4.74 Å². The van der Waals surface area contributed by atoms with Gasteiger partial charge in [0, 0.05) is 34.0 Å². The SMILES string of the molecule is COc1ccc2[nH]cc(C(=O)C(C)(C)CCl)c2c1. The quantitative estimate of drug-likeness (QED) is 0.678. The Hall–Kier alpha value is -1.48. The summed E-state index contributed by atoms with van der Waals surface area (Å²) in [6, 6.07) is 5.63. The first-order valence-electron chi connectivity index (χ1n) is 5.75. The molecule has 2 aromatic rings. The van der Waals surface area contributed by atoms with Gasteiger partial charge in [-0.15, -0.1) is 11.6 Å². The van der Waals surface area contributed by atoms with Gasteiger partial charge in [0.1, 0.15) is 5.75 Å². The standard InChI is InChI=1S/C14H16ClNO2/c1-14(2,8-15)13(17)11-7-16-12-5-4-9(18-3)6-10(11)12/h4-7,16H,8H2,1-3H3. The molecule has 0 bridgehead atoms. The first-order chi connectivity index (χ1) is 8.49. The summed E-state index contributed by atoms with van der Waals surface area (Å²) in [5, 5.41) is 0.873. The van der Waals surface area contributed by atoms with Gasteiger partial charge in [0.05, 0.1) is 7.11 Å². The van der Waals surface area contributed by atoms with Crippen LogP contribution in [-0.2, 0) is 0 Å². The third-order valence-corrected chi connectivity index (χ3v) is 3.75. The number of H-pyrrole nitrogens is 1. The van der Waals surface area contributed by atoms with E-state index in [0.29, 0.717) is 11.4 Å². The number of fused-ring (bicyclic) bond motifs is 1. The van der Waals surface area contributed by atoms with Crippen molar-refractivity contribution in [3.8, 4) is 5.75 Å². The van der Waals surface area contributed by atoms with E-state index >= 15 is 0 Å². The molecule has 0 aliphatic rings. The number of alkyl halides is 1. The molecule has 18 heavy (non-hydrogen) atoms. The number of carbonyl (C=O) groups excluding carboxylic acids is 1. The number of hydrogen-bond donors (Lipinski definition) is 1. The Morgan fingerprint density at radius 3 is 2.78 bits per heavy atom. The van der Waals surface area contributed by atoms with Crippen molar-refractivity contribution in [3.05, 3.63) is 30.0 Å². The fourth-order valence-corrected chi connectivity index (χ4v) is 1.96. The van der Waals surface area contributed by atoms with Crippen LogP contribution >= 0.6 is 11.6 Å². The van der Waals surface area contributed by atoms with Gasteiger partial charge >= 0.3 is 0 Å². The van der Waals surface area contributed by atoms with Gasteiger partial charge in [-0.3, -0.25) is 4.79 Å². The van der Waals surface area contributed by atoms with Gasteiger partial charge < -0.3 is 9.72 Å². The minimum absolute atomic E-state index is 0.0389. The maximum absolute atomic E-state index is 12.4. The number of nitrogens with one attached hydrogen (secondary N) is 1. The average Bonchev–Trinajstić information content (AvgIpc) is 2.80. The fourth-order valence-electron chi connectivity index (χ4n) is 1.84. The van der Waals surface area contributed by atoms with Crippen molar-refractivity contribution in [2.75, 3.05) is 13.0 Å². The molecule has 4 heteroatoms. The molecule has 3 nitrogen and oxygen atoms in total. The van der Waals surface area contributed by atoms with Gasteiger partial charge in [-0.2, -0.15) is 0 Å². The second-order valence-electron chi connectivity index (χ2n) is 4.96. The third kappa shape index (κ3) is 2.10. The van der Waals surface area contributed by atoms with Gasteiger partial charge in [-0.05, 0) is 18.2 Å². The van der Waals surface area contributed by atoms with Gasteiger partial charge in [0.25, 0.3) is 0 Å². The highest BCUT2D eigenvalue weighted by Gasteiger charge is 2.29. The van der Waals surface area contributed by atoms with E-state index < -0.39 is 5.41 Å². The lowest BCUT2D eigenvalue weighted by Crippen LogP contribution is -2.25. The minimum Gasteiger partial charge on any atom is -0.497 e. The normalized spacial score (nSPS) is 11.8. The van der Waals surface area contributed by atoms with E-state index in [0.717, 1.165) is 16.7 Å². The maximum atomic E-state index is 12.4. The lowest BCUT2D eigenvalue weighted by molar-refractivity contribution is 0.0864. The molecule has 0 atom stereocenters. The number of benzene rings is 1. The Morgan fingerprint density at radius 2 is 2.17 bits per heavy atom. The molecule has 1 aromatic heterocycles. The maximum Gasteiger partial charge on any atom is 0.171 e. The summed E-state index contributed by atoms with van der Waals surface area (Å²) in [6.45, 7) is 3.70. The molecule has 1 N–H and O–H groups in total. The zero-order valence-corrected chi connectivity index (χ0v) is 11.5. The Morgan fingerprint density at radius 1 is 1.44 bits per heavy atom. The zero-order valence-electron chi connectivity index (χ0n) is 10.7. The lowest BCUT2D eigenvalue weighted by atomic mass is 9.86. The Labute approximate surface area is 111 Å². The molecular formula is C14H16ClNO2. The van der Waals surface area contributed by atoms with Crippen molar-refractivity contribution >= 4 is 28.3 Å². The topological polar surface area (TPSA) is 42.1 Å². The number of rotatable bonds is 4. The van der Waals surface area contributed by atoms with Gasteiger partial charge in [0.2, 0.25) is 0 Å². The van der Waals surface area contributed by atoms with Crippen molar-refractivity contribution in [3.63, 3.8) is 0 Å². The molecule has 0 saturated carbocycles. The molecule has 1 aromatic carbocycles. The van der Waals surface area contributed by atoms with Crippen molar-refractivity contribution in [2.24, 2.45) is 5.41 Å². The van der Waals surface area contributed by atoms with E-state index in [9.17, 15) is 4.79 Å². The van der Waals surface area contributed by atoms with Crippen LogP contribution in [-0.4, -0.2) is 23.8 Å².